The Morgan fingerprint density at radius 3 is 2.76 bits per heavy atom. The van der Waals surface area contributed by atoms with Crippen molar-refractivity contribution >= 4 is 23.2 Å². The van der Waals surface area contributed by atoms with E-state index in [1.165, 1.54) is 0 Å². The normalized spacial score (nSPS) is 12.6. The Morgan fingerprint density at radius 2 is 2.10 bits per heavy atom. The maximum Gasteiger partial charge on any atom is 0.138 e. The summed E-state index contributed by atoms with van der Waals surface area (Å²) in [6.07, 6.45) is 4.05. The molecule has 0 amide bonds. The molecule has 0 aliphatic carbocycles. The summed E-state index contributed by atoms with van der Waals surface area (Å²) in [4.78, 5) is 4.30. The molecule has 2 aromatic rings. The molecule has 0 saturated carbocycles. The van der Waals surface area contributed by atoms with Crippen LogP contribution in [0, 0.1) is 0 Å². The van der Waals surface area contributed by atoms with Crippen molar-refractivity contribution < 1.29 is 0 Å². The van der Waals surface area contributed by atoms with E-state index in [2.05, 4.69) is 22.4 Å². The van der Waals surface area contributed by atoms with E-state index >= 15 is 0 Å². The van der Waals surface area contributed by atoms with Crippen molar-refractivity contribution in [1.82, 2.24) is 20.2 Å². The molecule has 3 N–H and O–H groups in total. The minimum Gasteiger partial charge on any atom is -0.271 e. The number of rotatable bonds is 7. The lowest BCUT2D eigenvalue weighted by molar-refractivity contribution is 0.482. The van der Waals surface area contributed by atoms with Crippen molar-refractivity contribution in [3.8, 4) is 0 Å². The summed E-state index contributed by atoms with van der Waals surface area (Å²) in [6, 6.07) is 5.68. The van der Waals surface area contributed by atoms with E-state index < -0.39 is 0 Å². The molecule has 21 heavy (non-hydrogen) atoms. The third kappa shape index (κ3) is 4.41. The third-order valence-electron chi connectivity index (χ3n) is 3.26. The van der Waals surface area contributed by atoms with Gasteiger partial charge in [0.05, 0.1) is 10.0 Å². The number of benzene rings is 1. The van der Waals surface area contributed by atoms with Gasteiger partial charge in [-0.2, -0.15) is 5.10 Å². The molecular weight excluding hydrogens is 309 g/mol. The van der Waals surface area contributed by atoms with E-state index in [9.17, 15) is 0 Å². The Morgan fingerprint density at radius 1 is 1.29 bits per heavy atom. The van der Waals surface area contributed by atoms with Crippen LogP contribution in [0.5, 0.6) is 0 Å². The van der Waals surface area contributed by atoms with Gasteiger partial charge in [0.2, 0.25) is 0 Å². The highest BCUT2D eigenvalue weighted by atomic mass is 35.5. The van der Waals surface area contributed by atoms with Crippen molar-refractivity contribution in [2.45, 2.75) is 38.8 Å². The van der Waals surface area contributed by atoms with Gasteiger partial charge in [-0.25, -0.2) is 4.98 Å². The fourth-order valence-corrected chi connectivity index (χ4v) is 2.53. The van der Waals surface area contributed by atoms with Crippen LogP contribution < -0.4 is 11.3 Å². The number of aryl methyl sites for hydroxylation is 1. The van der Waals surface area contributed by atoms with Gasteiger partial charge in [-0.15, -0.1) is 0 Å². The number of hydrazine groups is 1. The second kappa shape index (κ2) is 7.75. The minimum absolute atomic E-state index is 0.0575. The Hall–Kier alpha value is -1.14. The summed E-state index contributed by atoms with van der Waals surface area (Å²) >= 11 is 12.0. The predicted octanol–water partition coefficient (Wildman–Crippen LogP) is 2.61. The van der Waals surface area contributed by atoms with Crippen LogP contribution in [-0.2, 0) is 19.4 Å². The number of nitrogens with two attached hydrogens (primary N) is 1. The fourth-order valence-electron chi connectivity index (χ4n) is 2.21. The first-order chi connectivity index (χ1) is 10.1. The van der Waals surface area contributed by atoms with E-state index in [1.807, 2.05) is 16.8 Å². The standard InChI is InChI=1S/C14H19Cl2N5/c1-2-5-21-14(18-9-19-21)8-11(20-17)6-10-3-4-12(15)13(16)7-10/h3-4,7,9,11,20H,2,5-6,8,17H2,1H3. The highest BCUT2D eigenvalue weighted by Crippen LogP contribution is 2.23. The van der Waals surface area contributed by atoms with Gasteiger partial charge in [-0.05, 0) is 30.5 Å². The smallest absolute Gasteiger partial charge is 0.138 e. The highest BCUT2D eigenvalue weighted by molar-refractivity contribution is 6.42. The Labute approximate surface area is 134 Å². The van der Waals surface area contributed by atoms with E-state index in [-0.39, 0.29) is 6.04 Å². The maximum absolute atomic E-state index is 6.04. The van der Waals surface area contributed by atoms with E-state index in [0.717, 1.165) is 30.8 Å². The summed E-state index contributed by atoms with van der Waals surface area (Å²) in [7, 11) is 0. The summed E-state index contributed by atoms with van der Waals surface area (Å²) in [5.74, 6) is 6.59. The first kappa shape index (κ1) is 16.2. The van der Waals surface area contributed by atoms with Gasteiger partial charge in [-0.1, -0.05) is 36.2 Å². The summed E-state index contributed by atoms with van der Waals surface area (Å²) in [6.45, 7) is 2.97. The Kier molecular flexibility index (Phi) is 5.99. The minimum atomic E-state index is 0.0575. The Balaban J connectivity index is 2.05. The number of halogens is 2. The monoisotopic (exact) mass is 327 g/mol. The molecule has 7 heteroatoms. The molecule has 5 nitrogen and oxygen atoms in total. The molecule has 114 valence electrons. The highest BCUT2D eigenvalue weighted by Gasteiger charge is 2.14. The summed E-state index contributed by atoms with van der Waals surface area (Å²) in [5.41, 5.74) is 3.91. The number of hydrogen-bond acceptors (Lipinski definition) is 4. The van der Waals surface area contributed by atoms with Crippen molar-refractivity contribution in [2.75, 3.05) is 0 Å². The van der Waals surface area contributed by atoms with Crippen molar-refractivity contribution in [2.24, 2.45) is 5.84 Å². The summed E-state index contributed by atoms with van der Waals surface area (Å²) in [5, 5.41) is 5.34. The molecule has 1 aromatic heterocycles. The molecular formula is C14H19Cl2N5. The zero-order chi connectivity index (χ0) is 15.2. The van der Waals surface area contributed by atoms with Crippen LogP contribution in [0.3, 0.4) is 0 Å². The van der Waals surface area contributed by atoms with Crippen LogP contribution >= 0.6 is 23.2 Å². The number of nitrogens with zero attached hydrogens (tertiary/aromatic N) is 3. The van der Waals surface area contributed by atoms with Gasteiger partial charge < -0.3 is 0 Å². The molecule has 0 spiro atoms. The quantitative estimate of drug-likeness (QED) is 0.605. The fraction of sp³-hybridized carbons (Fsp3) is 0.429. The predicted molar refractivity (Wildman–Crippen MR) is 85.3 cm³/mol. The Bertz CT molecular complexity index is 584. The average Bonchev–Trinajstić information content (AvgIpc) is 2.90. The lowest BCUT2D eigenvalue weighted by Crippen LogP contribution is -2.39. The van der Waals surface area contributed by atoms with E-state index in [0.29, 0.717) is 16.5 Å². The molecule has 0 saturated heterocycles. The second-order valence-corrected chi connectivity index (χ2v) is 5.73. The molecule has 1 aromatic carbocycles. The molecule has 1 atom stereocenters. The van der Waals surface area contributed by atoms with E-state index in [4.69, 9.17) is 29.0 Å². The lowest BCUT2D eigenvalue weighted by Gasteiger charge is -2.16. The van der Waals surface area contributed by atoms with Crippen LogP contribution in [0.15, 0.2) is 24.5 Å². The third-order valence-corrected chi connectivity index (χ3v) is 4.00. The van der Waals surface area contributed by atoms with Gasteiger partial charge in [0, 0.05) is 19.0 Å². The molecule has 0 bridgehead atoms. The molecule has 0 aliphatic rings. The molecule has 0 aliphatic heterocycles. The average molecular weight is 328 g/mol. The lowest BCUT2D eigenvalue weighted by atomic mass is 10.0. The van der Waals surface area contributed by atoms with Crippen molar-refractivity contribution in [3.63, 3.8) is 0 Å². The number of nitrogens with one attached hydrogen (secondary N) is 1. The summed E-state index contributed by atoms with van der Waals surface area (Å²) < 4.78 is 1.92. The first-order valence-corrected chi connectivity index (χ1v) is 7.66. The van der Waals surface area contributed by atoms with Crippen LogP contribution in [0.2, 0.25) is 10.0 Å². The van der Waals surface area contributed by atoms with Gasteiger partial charge >= 0.3 is 0 Å². The van der Waals surface area contributed by atoms with Crippen LogP contribution in [0.1, 0.15) is 24.7 Å². The molecule has 1 unspecified atom stereocenters. The first-order valence-electron chi connectivity index (χ1n) is 6.90. The SMILES string of the molecule is CCCn1ncnc1CC(Cc1ccc(Cl)c(Cl)c1)NN. The molecule has 0 fully saturated rings. The molecule has 2 rings (SSSR count). The zero-order valence-corrected chi connectivity index (χ0v) is 13.4. The van der Waals surface area contributed by atoms with Crippen LogP contribution in [-0.4, -0.2) is 20.8 Å². The van der Waals surface area contributed by atoms with Gasteiger partial charge in [0.1, 0.15) is 12.2 Å². The molecule has 0 radical (unpaired) electrons. The van der Waals surface area contributed by atoms with Gasteiger partial charge in [0.25, 0.3) is 0 Å². The van der Waals surface area contributed by atoms with Crippen molar-refractivity contribution in [3.05, 3.63) is 46.0 Å². The number of aromatic nitrogens is 3. The largest absolute Gasteiger partial charge is 0.271 e. The van der Waals surface area contributed by atoms with Crippen molar-refractivity contribution in [1.29, 1.82) is 0 Å². The van der Waals surface area contributed by atoms with E-state index in [1.54, 1.807) is 12.4 Å². The zero-order valence-electron chi connectivity index (χ0n) is 11.9. The maximum atomic E-state index is 6.04. The second-order valence-electron chi connectivity index (χ2n) is 4.92. The number of hydrogen-bond donors (Lipinski definition) is 2. The van der Waals surface area contributed by atoms with Crippen LogP contribution in [0.25, 0.3) is 0 Å². The topological polar surface area (TPSA) is 68.8 Å². The van der Waals surface area contributed by atoms with Crippen LogP contribution in [0.4, 0.5) is 0 Å². The molecule has 1 heterocycles. The van der Waals surface area contributed by atoms with Gasteiger partial charge in [-0.3, -0.25) is 16.0 Å². The van der Waals surface area contributed by atoms with Gasteiger partial charge in [0.15, 0.2) is 0 Å².